The molecule has 0 aromatic carbocycles. The van der Waals surface area contributed by atoms with Crippen molar-refractivity contribution in [2.45, 2.75) is 51.7 Å². The number of nitrogens with one attached hydrogen (secondary N) is 1. The minimum absolute atomic E-state index is 0.0751. The summed E-state index contributed by atoms with van der Waals surface area (Å²) in [5, 5.41) is 20.1. The van der Waals surface area contributed by atoms with Crippen LogP contribution in [0, 0.1) is 5.41 Å². The number of hydrogen-bond donors (Lipinski definition) is 3. The van der Waals surface area contributed by atoms with Crippen molar-refractivity contribution in [3.8, 4) is 0 Å². The number of aromatic amines is 1. The molecule has 6 rings (SSSR count). The van der Waals surface area contributed by atoms with Gasteiger partial charge in [0.15, 0.2) is 17.0 Å². The van der Waals surface area contributed by atoms with Crippen LogP contribution in [-0.4, -0.2) is 74.5 Å². The molecule has 3 aliphatic heterocycles. The number of anilines is 3. The predicted octanol–water partition coefficient (Wildman–Crippen LogP) is 2.36. The average Bonchev–Trinajstić information content (AvgIpc) is 3.44. The fourth-order valence-corrected chi connectivity index (χ4v) is 5.70. The SMILES string of the molecule is C/C(=N/O)c1ccc2c(n1)CCCN2c1n[nH]c2nc(N3CCC4(CC3)CO[C@@H](C)[C@H]4N)cnc12. The third-order valence-corrected chi connectivity index (χ3v) is 7.98. The van der Waals surface area contributed by atoms with Gasteiger partial charge in [-0.2, -0.15) is 5.10 Å². The molecule has 0 radical (unpaired) electrons. The molecule has 3 aromatic rings. The van der Waals surface area contributed by atoms with Gasteiger partial charge >= 0.3 is 0 Å². The lowest BCUT2D eigenvalue weighted by Gasteiger charge is -2.41. The van der Waals surface area contributed by atoms with Gasteiger partial charge in [0.1, 0.15) is 11.5 Å². The van der Waals surface area contributed by atoms with Crippen LogP contribution in [0.25, 0.3) is 11.2 Å². The smallest absolute Gasteiger partial charge is 0.183 e. The molecule has 6 heterocycles. The maximum absolute atomic E-state index is 9.10. The van der Waals surface area contributed by atoms with Crippen LogP contribution in [0.4, 0.5) is 17.3 Å². The molecular weight excluding hydrogens is 446 g/mol. The molecule has 2 saturated heterocycles. The zero-order chi connectivity index (χ0) is 24.2. The van der Waals surface area contributed by atoms with E-state index in [4.69, 9.17) is 30.6 Å². The Kier molecular flexibility index (Phi) is 5.33. The number of ether oxygens (including phenoxy) is 1. The molecule has 0 unspecified atom stereocenters. The van der Waals surface area contributed by atoms with Crippen LogP contribution >= 0.6 is 0 Å². The highest BCUT2D eigenvalue weighted by atomic mass is 16.5. The zero-order valence-electron chi connectivity index (χ0n) is 20.1. The highest BCUT2D eigenvalue weighted by Gasteiger charge is 2.47. The Morgan fingerprint density at radius 2 is 2.09 bits per heavy atom. The van der Waals surface area contributed by atoms with Gasteiger partial charge in [0.2, 0.25) is 0 Å². The summed E-state index contributed by atoms with van der Waals surface area (Å²) in [6, 6.07) is 3.97. The Morgan fingerprint density at radius 1 is 1.26 bits per heavy atom. The van der Waals surface area contributed by atoms with Gasteiger partial charge in [0, 0.05) is 31.1 Å². The molecule has 2 fully saturated rings. The second-order valence-corrected chi connectivity index (χ2v) is 9.97. The molecule has 4 N–H and O–H groups in total. The summed E-state index contributed by atoms with van der Waals surface area (Å²) >= 11 is 0. The second-order valence-electron chi connectivity index (χ2n) is 9.97. The van der Waals surface area contributed by atoms with Gasteiger partial charge in [-0.15, -0.1) is 0 Å². The van der Waals surface area contributed by atoms with Crippen LogP contribution in [0.1, 0.15) is 44.5 Å². The number of nitrogens with two attached hydrogens (primary N) is 1. The molecule has 11 heteroatoms. The predicted molar refractivity (Wildman–Crippen MR) is 133 cm³/mol. The Morgan fingerprint density at radius 3 is 2.83 bits per heavy atom. The fourth-order valence-electron chi connectivity index (χ4n) is 5.70. The lowest BCUT2D eigenvalue weighted by Crippen LogP contribution is -2.50. The normalized spacial score (nSPS) is 24.4. The van der Waals surface area contributed by atoms with E-state index in [0.717, 1.165) is 80.5 Å². The lowest BCUT2D eigenvalue weighted by molar-refractivity contribution is 0.0974. The molecule has 3 aliphatic rings. The first-order chi connectivity index (χ1) is 17.0. The van der Waals surface area contributed by atoms with Crippen molar-refractivity contribution in [2.75, 3.05) is 36.0 Å². The number of hydrogen-bond acceptors (Lipinski definition) is 10. The number of nitrogens with zero attached hydrogens (tertiary/aromatic N) is 7. The monoisotopic (exact) mass is 477 g/mol. The Labute approximate surface area is 203 Å². The zero-order valence-corrected chi connectivity index (χ0v) is 20.1. The number of fused-ring (bicyclic) bond motifs is 2. The molecule has 184 valence electrons. The molecule has 11 nitrogen and oxygen atoms in total. The molecule has 35 heavy (non-hydrogen) atoms. The second kappa shape index (κ2) is 8.42. The van der Waals surface area contributed by atoms with Crippen LogP contribution in [0.2, 0.25) is 0 Å². The fraction of sp³-hybridized carbons (Fsp3) is 0.542. The maximum atomic E-state index is 9.10. The van der Waals surface area contributed by atoms with Crippen LogP contribution in [0.15, 0.2) is 23.5 Å². The van der Waals surface area contributed by atoms with E-state index in [1.54, 1.807) is 6.92 Å². The topological polar surface area (TPSA) is 142 Å². The molecule has 3 aromatic heterocycles. The minimum Gasteiger partial charge on any atom is -0.411 e. The third kappa shape index (κ3) is 3.61. The lowest BCUT2D eigenvalue weighted by atomic mass is 9.73. The standard InChI is InChI=1S/C24H31N9O2/c1-14(31-34)16-5-6-18-17(27-16)4-3-9-33(18)23-20-22(29-30-23)28-19(12-26-20)32-10-7-24(8-11-32)13-35-15(2)21(24)25/h5-6,12,15,21,34H,3-4,7-11,13,25H2,1-2H3,(H,28,29,30)/b31-14-/t15-,21+/m0/s1. The molecular formula is C24H31N9O2. The average molecular weight is 478 g/mol. The van der Waals surface area contributed by atoms with Crippen molar-refractivity contribution in [1.29, 1.82) is 0 Å². The minimum atomic E-state index is 0.0751. The first kappa shape index (κ1) is 22.2. The Balaban J connectivity index is 1.25. The first-order valence-electron chi connectivity index (χ1n) is 12.3. The number of rotatable bonds is 3. The van der Waals surface area contributed by atoms with Crippen LogP contribution in [0.5, 0.6) is 0 Å². The van der Waals surface area contributed by atoms with Gasteiger partial charge in [-0.1, -0.05) is 5.16 Å². The van der Waals surface area contributed by atoms with E-state index in [9.17, 15) is 0 Å². The quantitative estimate of drug-likeness (QED) is 0.294. The summed E-state index contributed by atoms with van der Waals surface area (Å²) in [5.74, 6) is 1.61. The molecule has 0 aliphatic carbocycles. The largest absolute Gasteiger partial charge is 0.411 e. The summed E-state index contributed by atoms with van der Waals surface area (Å²) in [6.07, 6.45) is 5.76. The highest BCUT2D eigenvalue weighted by Crippen LogP contribution is 2.42. The summed E-state index contributed by atoms with van der Waals surface area (Å²) < 4.78 is 5.86. The van der Waals surface area contributed by atoms with E-state index in [2.05, 4.69) is 32.1 Å². The van der Waals surface area contributed by atoms with E-state index in [1.165, 1.54) is 0 Å². The van der Waals surface area contributed by atoms with Crippen LogP contribution in [-0.2, 0) is 11.2 Å². The Bertz CT molecular complexity index is 1280. The van der Waals surface area contributed by atoms with Crippen LogP contribution in [0.3, 0.4) is 0 Å². The maximum Gasteiger partial charge on any atom is 0.183 e. The Hall–Kier alpha value is -3.31. The molecule has 0 amide bonds. The van der Waals surface area contributed by atoms with Gasteiger partial charge in [-0.25, -0.2) is 15.0 Å². The molecule has 1 spiro atoms. The van der Waals surface area contributed by atoms with Gasteiger partial charge in [-0.05, 0) is 51.7 Å². The van der Waals surface area contributed by atoms with Crippen molar-refractivity contribution >= 4 is 34.2 Å². The van der Waals surface area contributed by atoms with Gasteiger partial charge in [-0.3, -0.25) is 5.10 Å². The van der Waals surface area contributed by atoms with Gasteiger partial charge in [0.05, 0.1) is 36.0 Å². The summed E-state index contributed by atoms with van der Waals surface area (Å²) in [6.45, 7) is 7.14. The van der Waals surface area contributed by atoms with Crippen molar-refractivity contribution in [2.24, 2.45) is 16.3 Å². The third-order valence-electron chi connectivity index (χ3n) is 7.98. The molecule has 0 saturated carbocycles. The summed E-state index contributed by atoms with van der Waals surface area (Å²) in [5.41, 5.74) is 11.1. The first-order valence-corrected chi connectivity index (χ1v) is 12.3. The summed E-state index contributed by atoms with van der Waals surface area (Å²) in [7, 11) is 0. The number of aromatic nitrogens is 5. The van der Waals surface area contributed by atoms with Crippen LogP contribution < -0.4 is 15.5 Å². The van der Waals surface area contributed by atoms with Crippen molar-refractivity contribution in [3.05, 3.63) is 29.7 Å². The van der Waals surface area contributed by atoms with Gasteiger partial charge in [0.25, 0.3) is 0 Å². The highest BCUT2D eigenvalue weighted by molar-refractivity contribution is 5.97. The molecule has 2 atom stereocenters. The van der Waals surface area contributed by atoms with Crippen molar-refractivity contribution < 1.29 is 9.94 Å². The number of piperidine rings is 1. The van der Waals surface area contributed by atoms with Gasteiger partial charge < -0.3 is 25.5 Å². The van der Waals surface area contributed by atoms with E-state index in [1.807, 2.05) is 18.3 Å². The van der Waals surface area contributed by atoms with E-state index in [0.29, 0.717) is 17.1 Å². The number of oxime groups is 1. The van der Waals surface area contributed by atoms with Crippen molar-refractivity contribution in [1.82, 2.24) is 25.1 Å². The number of pyridine rings is 1. The molecule has 0 bridgehead atoms. The number of aryl methyl sites for hydroxylation is 1. The van der Waals surface area contributed by atoms with Crippen molar-refractivity contribution in [3.63, 3.8) is 0 Å². The van der Waals surface area contributed by atoms with E-state index >= 15 is 0 Å². The van der Waals surface area contributed by atoms with E-state index in [-0.39, 0.29) is 17.6 Å². The van der Waals surface area contributed by atoms with E-state index < -0.39 is 0 Å². The summed E-state index contributed by atoms with van der Waals surface area (Å²) in [4.78, 5) is 18.8. The number of H-pyrrole nitrogens is 1.